The third kappa shape index (κ3) is 2.92. The van der Waals surface area contributed by atoms with Crippen molar-refractivity contribution in [1.82, 2.24) is 15.0 Å². The fraction of sp³-hybridized carbons (Fsp3) is 0.867. The minimum absolute atomic E-state index is 0.337. The van der Waals surface area contributed by atoms with E-state index in [9.17, 15) is 5.11 Å². The number of anilines is 1. The first-order chi connectivity index (χ1) is 10.3. The maximum Gasteiger partial charge on any atom is 0.266 e. The van der Waals surface area contributed by atoms with Crippen molar-refractivity contribution in [2.75, 3.05) is 31.1 Å². The number of aliphatic hydroxyl groups is 1. The molecule has 0 aromatic carbocycles. The van der Waals surface area contributed by atoms with Crippen molar-refractivity contribution < 1.29 is 9.63 Å². The predicted octanol–water partition coefficient (Wildman–Crippen LogP) is 1.37. The highest BCUT2D eigenvalue weighted by Gasteiger charge is 2.32. The quantitative estimate of drug-likeness (QED) is 0.908. The molecule has 2 heterocycles. The van der Waals surface area contributed by atoms with Gasteiger partial charge in [-0.3, -0.25) is 4.90 Å². The number of nitrogens with zero attached hydrogens (tertiary/aromatic N) is 4. The second-order valence-corrected chi connectivity index (χ2v) is 6.74. The van der Waals surface area contributed by atoms with Crippen LogP contribution in [0, 0.1) is 0 Å². The van der Waals surface area contributed by atoms with Gasteiger partial charge in [-0.25, -0.2) is 0 Å². The van der Waals surface area contributed by atoms with E-state index in [1.54, 1.807) is 0 Å². The molecular formula is C15H24N4O2. The largest absolute Gasteiger partial charge is 0.390 e. The van der Waals surface area contributed by atoms with Crippen LogP contribution in [0.25, 0.3) is 0 Å². The molecule has 0 radical (unpaired) electrons. The fourth-order valence-corrected chi connectivity index (χ4v) is 3.65. The molecule has 1 N–H and O–H groups in total. The predicted molar refractivity (Wildman–Crippen MR) is 78.3 cm³/mol. The Bertz CT molecular complexity index is 482. The van der Waals surface area contributed by atoms with E-state index < -0.39 is 0 Å². The first-order valence-electron chi connectivity index (χ1n) is 8.30. The molecule has 116 valence electrons. The summed E-state index contributed by atoms with van der Waals surface area (Å²) in [5, 5.41) is 14.4. The van der Waals surface area contributed by atoms with Gasteiger partial charge < -0.3 is 14.5 Å². The molecule has 1 atom stereocenters. The first-order valence-corrected chi connectivity index (χ1v) is 8.30. The summed E-state index contributed by atoms with van der Waals surface area (Å²) in [5.74, 6) is 1.92. The molecule has 21 heavy (non-hydrogen) atoms. The van der Waals surface area contributed by atoms with Crippen LogP contribution >= 0.6 is 0 Å². The van der Waals surface area contributed by atoms with Gasteiger partial charge in [-0.05, 0) is 30.8 Å². The van der Waals surface area contributed by atoms with Gasteiger partial charge in [-0.1, -0.05) is 12.8 Å². The smallest absolute Gasteiger partial charge is 0.266 e. The van der Waals surface area contributed by atoms with Crippen molar-refractivity contribution in [3.05, 3.63) is 5.89 Å². The second kappa shape index (κ2) is 5.57. The highest BCUT2D eigenvalue weighted by atomic mass is 16.5. The lowest BCUT2D eigenvalue weighted by molar-refractivity contribution is 0.108. The molecule has 1 aliphatic heterocycles. The highest BCUT2D eigenvalue weighted by molar-refractivity contribution is 5.29. The summed E-state index contributed by atoms with van der Waals surface area (Å²) in [4.78, 5) is 9.05. The maximum atomic E-state index is 10.3. The molecule has 3 fully saturated rings. The van der Waals surface area contributed by atoms with Crippen molar-refractivity contribution in [2.45, 2.75) is 56.6 Å². The van der Waals surface area contributed by atoms with Gasteiger partial charge in [0, 0.05) is 38.1 Å². The normalized spacial score (nSPS) is 29.0. The number of rotatable bonds is 3. The van der Waals surface area contributed by atoms with Gasteiger partial charge in [0.1, 0.15) is 0 Å². The van der Waals surface area contributed by atoms with Crippen molar-refractivity contribution in [2.24, 2.45) is 0 Å². The van der Waals surface area contributed by atoms with E-state index in [1.807, 2.05) is 0 Å². The summed E-state index contributed by atoms with van der Waals surface area (Å²) in [7, 11) is 0. The van der Waals surface area contributed by atoms with Crippen LogP contribution in [0.3, 0.4) is 0 Å². The molecule has 2 aliphatic carbocycles. The SMILES string of the molecule is OC1CN(c2noc(C3CC3)n2)CCN(C2CCCC2)C1. The van der Waals surface area contributed by atoms with E-state index in [2.05, 4.69) is 19.9 Å². The third-order valence-electron chi connectivity index (χ3n) is 5.02. The van der Waals surface area contributed by atoms with Gasteiger partial charge in [0.25, 0.3) is 5.95 Å². The molecule has 3 aliphatic rings. The van der Waals surface area contributed by atoms with Gasteiger partial charge in [-0.2, -0.15) is 4.98 Å². The van der Waals surface area contributed by atoms with Crippen LogP contribution in [0.1, 0.15) is 50.3 Å². The molecule has 0 amide bonds. The number of hydrogen-bond donors (Lipinski definition) is 1. The summed E-state index contributed by atoms with van der Waals surface area (Å²) in [6, 6.07) is 0.659. The third-order valence-corrected chi connectivity index (χ3v) is 5.02. The zero-order valence-electron chi connectivity index (χ0n) is 12.4. The van der Waals surface area contributed by atoms with Gasteiger partial charge in [0.05, 0.1) is 6.10 Å². The Morgan fingerprint density at radius 2 is 1.86 bits per heavy atom. The van der Waals surface area contributed by atoms with E-state index in [-0.39, 0.29) is 6.10 Å². The Balaban J connectivity index is 1.43. The van der Waals surface area contributed by atoms with Crippen LogP contribution in [-0.2, 0) is 0 Å². The zero-order chi connectivity index (χ0) is 14.2. The van der Waals surface area contributed by atoms with E-state index in [1.165, 1.54) is 38.5 Å². The van der Waals surface area contributed by atoms with Gasteiger partial charge in [-0.15, -0.1) is 0 Å². The monoisotopic (exact) mass is 292 g/mol. The minimum atomic E-state index is -0.337. The van der Waals surface area contributed by atoms with Crippen LogP contribution in [0.15, 0.2) is 4.52 Å². The van der Waals surface area contributed by atoms with Crippen LogP contribution in [0.2, 0.25) is 0 Å². The lowest BCUT2D eigenvalue weighted by Crippen LogP contribution is -2.39. The van der Waals surface area contributed by atoms with Crippen LogP contribution in [0.5, 0.6) is 0 Å². The zero-order valence-corrected chi connectivity index (χ0v) is 12.4. The van der Waals surface area contributed by atoms with Crippen LogP contribution in [0.4, 0.5) is 5.95 Å². The Kier molecular flexibility index (Phi) is 3.59. The fourth-order valence-electron chi connectivity index (χ4n) is 3.65. The van der Waals surface area contributed by atoms with Crippen LogP contribution in [-0.4, -0.2) is 58.5 Å². The molecule has 0 spiro atoms. The number of hydrogen-bond acceptors (Lipinski definition) is 6. The van der Waals surface area contributed by atoms with E-state index in [0.717, 1.165) is 25.5 Å². The van der Waals surface area contributed by atoms with Crippen molar-refractivity contribution >= 4 is 5.95 Å². The summed E-state index contributed by atoms with van der Waals surface area (Å²) in [5.41, 5.74) is 0. The molecule has 1 aromatic rings. The molecule has 0 bridgehead atoms. The van der Waals surface area contributed by atoms with Crippen molar-refractivity contribution in [3.63, 3.8) is 0 Å². The lowest BCUT2D eigenvalue weighted by atomic mass is 10.2. The Morgan fingerprint density at radius 1 is 1.05 bits per heavy atom. The van der Waals surface area contributed by atoms with Crippen molar-refractivity contribution in [3.8, 4) is 0 Å². The number of β-amino-alcohol motifs (C(OH)–C–C–N with tert-alkyl or cyclic N) is 1. The Morgan fingerprint density at radius 3 is 2.62 bits per heavy atom. The molecule has 6 nitrogen and oxygen atoms in total. The molecule has 1 saturated heterocycles. The summed E-state index contributed by atoms with van der Waals surface area (Å²) in [6.45, 7) is 3.23. The van der Waals surface area contributed by atoms with Gasteiger partial charge in [0.2, 0.25) is 5.89 Å². The second-order valence-electron chi connectivity index (χ2n) is 6.74. The summed E-state index contributed by atoms with van der Waals surface area (Å²) in [6.07, 6.45) is 7.21. The minimum Gasteiger partial charge on any atom is -0.390 e. The summed E-state index contributed by atoms with van der Waals surface area (Å²) < 4.78 is 5.35. The maximum absolute atomic E-state index is 10.3. The molecule has 4 rings (SSSR count). The van der Waals surface area contributed by atoms with Gasteiger partial charge >= 0.3 is 0 Å². The molecule has 6 heteroatoms. The first kappa shape index (κ1) is 13.5. The average Bonchev–Trinajstić information content (AvgIpc) is 3.03. The van der Waals surface area contributed by atoms with E-state index in [0.29, 0.717) is 24.5 Å². The number of aliphatic hydroxyl groups excluding tert-OH is 1. The Hall–Kier alpha value is -1.14. The molecule has 1 aromatic heterocycles. The topological polar surface area (TPSA) is 65.6 Å². The Labute approximate surface area is 125 Å². The number of aromatic nitrogens is 2. The van der Waals surface area contributed by atoms with E-state index >= 15 is 0 Å². The molecule has 2 saturated carbocycles. The summed E-state index contributed by atoms with van der Waals surface area (Å²) >= 11 is 0. The van der Waals surface area contributed by atoms with Gasteiger partial charge in [0.15, 0.2) is 0 Å². The standard InChI is InChI=1S/C15H24N4O2/c20-13-9-18(12-3-1-2-4-12)7-8-19(10-13)15-16-14(21-17-15)11-5-6-11/h11-13,20H,1-10H2. The van der Waals surface area contributed by atoms with Crippen molar-refractivity contribution in [1.29, 1.82) is 0 Å². The lowest BCUT2D eigenvalue weighted by Gasteiger charge is -2.27. The average molecular weight is 292 g/mol. The molecular weight excluding hydrogens is 268 g/mol. The van der Waals surface area contributed by atoms with Crippen LogP contribution < -0.4 is 4.90 Å². The molecule has 1 unspecified atom stereocenters. The highest BCUT2D eigenvalue weighted by Crippen LogP contribution is 2.39. The van der Waals surface area contributed by atoms with E-state index in [4.69, 9.17) is 4.52 Å².